The largest absolute Gasteiger partial charge is 0.350 e. The molecular weight excluding hydrogens is 336 g/mol. The van der Waals surface area contributed by atoms with Crippen LogP contribution in [0.3, 0.4) is 0 Å². The summed E-state index contributed by atoms with van der Waals surface area (Å²) in [5.74, 6) is 0.247. The zero-order chi connectivity index (χ0) is 19.8. The first-order valence-electron chi connectivity index (χ1n) is 9.69. The number of nitrogens with one attached hydrogen (secondary N) is 2. The van der Waals surface area contributed by atoms with E-state index in [-0.39, 0.29) is 17.9 Å². The lowest BCUT2D eigenvalue weighted by atomic mass is 10.0. The van der Waals surface area contributed by atoms with Crippen LogP contribution in [0, 0.1) is 0 Å². The molecule has 4 nitrogen and oxygen atoms in total. The SMILES string of the molecule is CC[C@@H](C)NC(=O)c1ccccc1NC(=O)CCc1ccc(C(C)C)cc1. The molecule has 2 rings (SSSR count). The normalized spacial score (nSPS) is 11.9. The molecule has 2 N–H and O–H groups in total. The second-order valence-electron chi connectivity index (χ2n) is 7.27. The number of carbonyl (C=O) groups is 2. The Morgan fingerprint density at radius 2 is 1.63 bits per heavy atom. The summed E-state index contributed by atoms with van der Waals surface area (Å²) in [6.07, 6.45) is 1.91. The van der Waals surface area contributed by atoms with Gasteiger partial charge in [0, 0.05) is 12.5 Å². The van der Waals surface area contributed by atoms with Gasteiger partial charge in [-0.2, -0.15) is 0 Å². The van der Waals surface area contributed by atoms with E-state index in [1.54, 1.807) is 18.2 Å². The summed E-state index contributed by atoms with van der Waals surface area (Å²) < 4.78 is 0. The van der Waals surface area contributed by atoms with E-state index in [0.717, 1.165) is 12.0 Å². The topological polar surface area (TPSA) is 58.2 Å². The van der Waals surface area contributed by atoms with Crippen molar-refractivity contribution in [3.05, 3.63) is 65.2 Å². The van der Waals surface area contributed by atoms with Crippen molar-refractivity contribution < 1.29 is 9.59 Å². The van der Waals surface area contributed by atoms with E-state index >= 15 is 0 Å². The lowest BCUT2D eigenvalue weighted by Gasteiger charge is -2.14. The molecule has 0 aliphatic carbocycles. The summed E-state index contributed by atoms with van der Waals surface area (Å²) >= 11 is 0. The van der Waals surface area contributed by atoms with Crippen LogP contribution in [0.1, 0.15) is 67.9 Å². The number of benzene rings is 2. The van der Waals surface area contributed by atoms with Gasteiger partial charge < -0.3 is 10.6 Å². The first-order chi connectivity index (χ1) is 12.9. The Morgan fingerprint density at radius 3 is 2.26 bits per heavy atom. The predicted molar refractivity (Wildman–Crippen MR) is 111 cm³/mol. The number of anilines is 1. The van der Waals surface area contributed by atoms with Gasteiger partial charge in [0.1, 0.15) is 0 Å². The fraction of sp³-hybridized carbons (Fsp3) is 0.391. The minimum absolute atomic E-state index is 0.0910. The molecule has 0 spiro atoms. The van der Waals surface area contributed by atoms with E-state index in [1.807, 2.05) is 19.9 Å². The third kappa shape index (κ3) is 6.24. The molecule has 0 unspecified atom stereocenters. The molecule has 0 aromatic heterocycles. The molecule has 144 valence electrons. The van der Waals surface area contributed by atoms with Gasteiger partial charge in [0.15, 0.2) is 0 Å². The lowest BCUT2D eigenvalue weighted by molar-refractivity contribution is -0.116. The summed E-state index contributed by atoms with van der Waals surface area (Å²) in [7, 11) is 0. The Kier molecular flexibility index (Phi) is 7.59. The second-order valence-corrected chi connectivity index (χ2v) is 7.27. The maximum atomic E-state index is 12.4. The summed E-state index contributed by atoms with van der Waals surface area (Å²) in [5, 5.41) is 5.82. The molecule has 0 saturated heterocycles. The molecule has 0 aliphatic heterocycles. The van der Waals surface area contributed by atoms with Crippen molar-refractivity contribution in [2.24, 2.45) is 0 Å². The number of aryl methyl sites for hydroxylation is 1. The van der Waals surface area contributed by atoms with E-state index in [2.05, 4.69) is 48.7 Å². The number of para-hydroxylation sites is 1. The maximum absolute atomic E-state index is 12.4. The highest BCUT2D eigenvalue weighted by Gasteiger charge is 2.14. The molecule has 1 atom stereocenters. The van der Waals surface area contributed by atoms with Crippen molar-refractivity contribution >= 4 is 17.5 Å². The van der Waals surface area contributed by atoms with Gasteiger partial charge in [-0.25, -0.2) is 0 Å². The Labute approximate surface area is 162 Å². The third-order valence-electron chi connectivity index (χ3n) is 4.72. The van der Waals surface area contributed by atoms with Crippen molar-refractivity contribution in [2.75, 3.05) is 5.32 Å². The van der Waals surface area contributed by atoms with Gasteiger partial charge in [-0.3, -0.25) is 9.59 Å². The van der Waals surface area contributed by atoms with Gasteiger partial charge in [-0.15, -0.1) is 0 Å². The standard InChI is InChI=1S/C23H30N2O2/c1-5-17(4)24-23(27)20-8-6-7-9-21(20)25-22(26)15-12-18-10-13-19(14-11-18)16(2)3/h6-11,13-14,16-17H,5,12,15H2,1-4H3,(H,24,27)(H,25,26)/t17-/m1/s1. The van der Waals surface area contributed by atoms with E-state index in [9.17, 15) is 9.59 Å². The van der Waals surface area contributed by atoms with Crippen molar-refractivity contribution in [2.45, 2.75) is 58.9 Å². The van der Waals surface area contributed by atoms with Gasteiger partial charge in [0.05, 0.1) is 11.3 Å². The fourth-order valence-electron chi connectivity index (χ4n) is 2.73. The van der Waals surface area contributed by atoms with Gasteiger partial charge in [-0.1, -0.05) is 57.2 Å². The fourth-order valence-corrected chi connectivity index (χ4v) is 2.73. The van der Waals surface area contributed by atoms with Gasteiger partial charge in [0.25, 0.3) is 5.91 Å². The van der Waals surface area contributed by atoms with Crippen molar-refractivity contribution in [3.8, 4) is 0 Å². The molecule has 0 radical (unpaired) electrons. The summed E-state index contributed by atoms with van der Waals surface area (Å²) in [4.78, 5) is 24.8. The zero-order valence-electron chi connectivity index (χ0n) is 16.7. The predicted octanol–water partition coefficient (Wildman–Crippen LogP) is 4.91. The van der Waals surface area contributed by atoms with Crippen LogP contribution in [0.5, 0.6) is 0 Å². The van der Waals surface area contributed by atoms with Crippen LogP contribution >= 0.6 is 0 Å². The molecule has 2 aromatic rings. The van der Waals surface area contributed by atoms with E-state index in [1.165, 1.54) is 5.56 Å². The highest BCUT2D eigenvalue weighted by molar-refractivity contribution is 6.03. The average Bonchev–Trinajstić information content (AvgIpc) is 2.66. The average molecular weight is 367 g/mol. The molecule has 0 bridgehead atoms. The van der Waals surface area contributed by atoms with Crippen molar-refractivity contribution in [1.29, 1.82) is 0 Å². The number of rotatable bonds is 8. The van der Waals surface area contributed by atoms with Gasteiger partial charge in [0.2, 0.25) is 5.91 Å². The number of carbonyl (C=O) groups excluding carboxylic acids is 2. The van der Waals surface area contributed by atoms with Gasteiger partial charge in [-0.05, 0) is 48.9 Å². The molecule has 27 heavy (non-hydrogen) atoms. The van der Waals surface area contributed by atoms with E-state index in [0.29, 0.717) is 30.0 Å². The summed E-state index contributed by atoms with van der Waals surface area (Å²) in [6, 6.07) is 15.6. The Balaban J connectivity index is 1.96. The second kappa shape index (κ2) is 9.91. The highest BCUT2D eigenvalue weighted by Crippen LogP contribution is 2.17. The van der Waals surface area contributed by atoms with Crippen LogP contribution in [-0.2, 0) is 11.2 Å². The number of hydrogen-bond acceptors (Lipinski definition) is 2. The Bertz CT molecular complexity index is 766. The monoisotopic (exact) mass is 366 g/mol. The molecular formula is C23H30N2O2. The Hall–Kier alpha value is -2.62. The highest BCUT2D eigenvalue weighted by atomic mass is 16.2. The van der Waals surface area contributed by atoms with Crippen LogP contribution in [-0.4, -0.2) is 17.9 Å². The Morgan fingerprint density at radius 1 is 0.963 bits per heavy atom. The molecule has 0 saturated carbocycles. The number of amides is 2. The van der Waals surface area contributed by atoms with E-state index < -0.39 is 0 Å². The molecule has 0 heterocycles. The summed E-state index contributed by atoms with van der Waals surface area (Å²) in [6.45, 7) is 8.31. The first kappa shape index (κ1) is 20.7. The maximum Gasteiger partial charge on any atom is 0.253 e. The van der Waals surface area contributed by atoms with Crippen molar-refractivity contribution in [3.63, 3.8) is 0 Å². The number of hydrogen-bond donors (Lipinski definition) is 2. The first-order valence-corrected chi connectivity index (χ1v) is 9.69. The molecule has 0 aliphatic rings. The van der Waals surface area contributed by atoms with Crippen LogP contribution in [0.2, 0.25) is 0 Å². The van der Waals surface area contributed by atoms with E-state index in [4.69, 9.17) is 0 Å². The van der Waals surface area contributed by atoms with Crippen molar-refractivity contribution in [1.82, 2.24) is 5.32 Å². The smallest absolute Gasteiger partial charge is 0.253 e. The molecule has 2 aromatic carbocycles. The molecule has 4 heteroatoms. The minimum atomic E-state index is -0.162. The van der Waals surface area contributed by atoms with Crippen LogP contribution in [0.15, 0.2) is 48.5 Å². The van der Waals surface area contributed by atoms with Crippen LogP contribution in [0.4, 0.5) is 5.69 Å². The minimum Gasteiger partial charge on any atom is -0.350 e. The van der Waals surface area contributed by atoms with Gasteiger partial charge >= 0.3 is 0 Å². The molecule has 0 fully saturated rings. The zero-order valence-corrected chi connectivity index (χ0v) is 16.7. The van der Waals surface area contributed by atoms with Crippen LogP contribution < -0.4 is 10.6 Å². The third-order valence-corrected chi connectivity index (χ3v) is 4.72. The van der Waals surface area contributed by atoms with Crippen LogP contribution in [0.25, 0.3) is 0 Å². The summed E-state index contributed by atoms with van der Waals surface area (Å²) in [5.41, 5.74) is 3.48. The molecule has 2 amide bonds. The quantitative estimate of drug-likeness (QED) is 0.697. The lowest BCUT2D eigenvalue weighted by Crippen LogP contribution is -2.32.